The second kappa shape index (κ2) is 13.3. The van der Waals surface area contributed by atoms with E-state index in [1.807, 2.05) is 7.05 Å². The van der Waals surface area contributed by atoms with Gasteiger partial charge in [-0.15, -0.1) is 24.0 Å². The number of benzene rings is 1. The first kappa shape index (κ1) is 23.2. The van der Waals surface area contributed by atoms with E-state index in [1.54, 1.807) is 0 Å². The number of nitrogens with zero attached hydrogens (tertiary/aromatic N) is 1. The summed E-state index contributed by atoms with van der Waals surface area (Å²) in [5, 5.41) is 6.87. The fourth-order valence-corrected chi connectivity index (χ4v) is 2.95. The summed E-state index contributed by atoms with van der Waals surface area (Å²) in [5.41, 5.74) is 1.34. The van der Waals surface area contributed by atoms with Crippen LogP contribution in [0.4, 0.5) is 0 Å². The molecule has 148 valence electrons. The van der Waals surface area contributed by atoms with Crippen molar-refractivity contribution >= 4 is 29.9 Å². The number of hydrogen-bond acceptors (Lipinski definition) is 3. The number of rotatable bonds is 8. The minimum Gasteiger partial charge on any atom is -0.381 e. The van der Waals surface area contributed by atoms with Gasteiger partial charge in [0.1, 0.15) is 0 Å². The second-order valence-electron chi connectivity index (χ2n) is 6.67. The smallest absolute Gasteiger partial charge is 0.191 e. The van der Waals surface area contributed by atoms with Gasteiger partial charge in [-0.25, -0.2) is 0 Å². The van der Waals surface area contributed by atoms with Crippen LogP contribution in [-0.2, 0) is 9.47 Å². The molecule has 1 saturated heterocycles. The molecule has 0 amide bonds. The van der Waals surface area contributed by atoms with E-state index in [1.165, 1.54) is 5.56 Å². The summed E-state index contributed by atoms with van der Waals surface area (Å²) >= 11 is 0. The molecule has 26 heavy (non-hydrogen) atoms. The minimum absolute atomic E-state index is 0. The van der Waals surface area contributed by atoms with Gasteiger partial charge < -0.3 is 20.1 Å². The van der Waals surface area contributed by atoms with Crippen LogP contribution in [0.1, 0.15) is 44.6 Å². The topological polar surface area (TPSA) is 54.9 Å². The van der Waals surface area contributed by atoms with Gasteiger partial charge >= 0.3 is 0 Å². The lowest BCUT2D eigenvalue weighted by Crippen LogP contribution is -2.44. The predicted octanol–water partition coefficient (Wildman–Crippen LogP) is 3.55. The molecule has 5 nitrogen and oxygen atoms in total. The van der Waals surface area contributed by atoms with Crippen LogP contribution in [-0.4, -0.2) is 51.5 Å². The zero-order valence-electron chi connectivity index (χ0n) is 16.2. The van der Waals surface area contributed by atoms with Crippen LogP contribution in [0.3, 0.4) is 0 Å². The highest BCUT2D eigenvalue weighted by Gasteiger charge is 2.15. The zero-order chi connectivity index (χ0) is 17.9. The summed E-state index contributed by atoms with van der Waals surface area (Å²) in [6.45, 7) is 7.73. The van der Waals surface area contributed by atoms with Crippen molar-refractivity contribution in [2.75, 3.05) is 33.4 Å². The Kier molecular flexibility index (Phi) is 11.9. The van der Waals surface area contributed by atoms with Crippen molar-refractivity contribution in [1.29, 1.82) is 0 Å². The fraction of sp³-hybridized carbons (Fsp3) is 0.650. The summed E-state index contributed by atoms with van der Waals surface area (Å²) in [7, 11) is 1.81. The molecule has 0 radical (unpaired) electrons. The van der Waals surface area contributed by atoms with Crippen molar-refractivity contribution in [2.24, 2.45) is 4.99 Å². The van der Waals surface area contributed by atoms with E-state index >= 15 is 0 Å². The molecule has 2 unspecified atom stereocenters. The maximum Gasteiger partial charge on any atom is 0.191 e. The first-order valence-electron chi connectivity index (χ1n) is 9.42. The molecule has 2 atom stereocenters. The van der Waals surface area contributed by atoms with E-state index in [2.05, 4.69) is 59.8 Å². The Morgan fingerprint density at radius 1 is 1.23 bits per heavy atom. The Morgan fingerprint density at radius 2 is 1.92 bits per heavy atom. The molecule has 0 bridgehead atoms. The van der Waals surface area contributed by atoms with Crippen LogP contribution in [0, 0.1) is 0 Å². The van der Waals surface area contributed by atoms with Crippen molar-refractivity contribution in [2.45, 2.75) is 51.2 Å². The van der Waals surface area contributed by atoms with Crippen LogP contribution >= 0.6 is 24.0 Å². The lowest BCUT2D eigenvalue weighted by Gasteiger charge is -2.24. The van der Waals surface area contributed by atoms with E-state index < -0.39 is 0 Å². The van der Waals surface area contributed by atoms with Crippen LogP contribution < -0.4 is 10.6 Å². The Labute approximate surface area is 175 Å². The molecule has 0 spiro atoms. The number of ether oxygens (including phenoxy) is 2. The highest BCUT2D eigenvalue weighted by molar-refractivity contribution is 14.0. The highest BCUT2D eigenvalue weighted by Crippen LogP contribution is 2.18. The summed E-state index contributed by atoms with van der Waals surface area (Å²) < 4.78 is 11.2. The Hall–Kier alpha value is -0.860. The molecule has 1 aliphatic heterocycles. The van der Waals surface area contributed by atoms with Crippen LogP contribution in [0.2, 0.25) is 0 Å². The van der Waals surface area contributed by atoms with Gasteiger partial charge in [0.25, 0.3) is 0 Å². The van der Waals surface area contributed by atoms with E-state index in [4.69, 9.17) is 9.47 Å². The summed E-state index contributed by atoms with van der Waals surface area (Å²) in [4.78, 5) is 4.33. The molecule has 6 heteroatoms. The van der Waals surface area contributed by atoms with Gasteiger partial charge in [-0.05, 0) is 31.7 Å². The second-order valence-corrected chi connectivity index (χ2v) is 6.67. The Morgan fingerprint density at radius 3 is 2.58 bits per heavy atom. The van der Waals surface area contributed by atoms with Gasteiger partial charge in [0.05, 0.1) is 6.10 Å². The van der Waals surface area contributed by atoms with Crippen molar-refractivity contribution < 1.29 is 9.47 Å². The fourth-order valence-electron chi connectivity index (χ4n) is 2.95. The largest absolute Gasteiger partial charge is 0.381 e. The highest BCUT2D eigenvalue weighted by atomic mass is 127. The van der Waals surface area contributed by atoms with Gasteiger partial charge in [0.2, 0.25) is 0 Å². The summed E-state index contributed by atoms with van der Waals surface area (Å²) in [6.07, 6.45) is 3.38. The molecule has 1 aromatic rings. The maximum absolute atomic E-state index is 5.90. The van der Waals surface area contributed by atoms with Crippen molar-refractivity contribution in [1.82, 2.24) is 10.6 Å². The molecular formula is C20H34IN3O2. The van der Waals surface area contributed by atoms with Gasteiger partial charge in [0.15, 0.2) is 5.96 Å². The summed E-state index contributed by atoms with van der Waals surface area (Å²) in [6, 6.07) is 10.9. The number of guanidine groups is 1. The summed E-state index contributed by atoms with van der Waals surface area (Å²) in [5.74, 6) is 1.26. The third-order valence-electron chi connectivity index (χ3n) is 4.80. The van der Waals surface area contributed by atoms with Crippen molar-refractivity contribution in [3.8, 4) is 0 Å². The number of aliphatic imine (C=N–C) groups is 1. The molecule has 1 heterocycles. The van der Waals surface area contributed by atoms with Gasteiger partial charge in [-0.2, -0.15) is 0 Å². The molecule has 2 N–H and O–H groups in total. The Bertz CT molecular complexity index is 507. The molecule has 1 aromatic carbocycles. The average Bonchev–Trinajstić information content (AvgIpc) is 2.67. The normalized spacial score (nSPS) is 17.9. The van der Waals surface area contributed by atoms with Gasteiger partial charge in [0, 0.05) is 45.4 Å². The zero-order valence-corrected chi connectivity index (χ0v) is 18.6. The quantitative estimate of drug-likeness (QED) is 0.262. The van der Waals surface area contributed by atoms with Gasteiger partial charge in [-0.1, -0.05) is 37.3 Å². The standard InChI is InChI=1S/C20H33N3O2.HI/c1-16(18-8-5-4-6-9-18)17(2)23-20(21-3)22-12-7-13-25-19-10-14-24-15-11-19;/h4-6,8-9,16-17,19H,7,10-15H2,1-3H3,(H2,21,22,23);1H. The first-order chi connectivity index (χ1) is 12.2. The molecular weight excluding hydrogens is 441 g/mol. The number of nitrogens with one attached hydrogen (secondary N) is 2. The SMILES string of the molecule is CN=C(NCCCOC1CCOCC1)NC(C)C(C)c1ccccc1.I. The maximum atomic E-state index is 5.90. The average molecular weight is 475 g/mol. The first-order valence-corrected chi connectivity index (χ1v) is 9.42. The van der Waals surface area contributed by atoms with E-state index in [9.17, 15) is 0 Å². The lowest BCUT2D eigenvalue weighted by molar-refractivity contribution is -0.0320. The van der Waals surface area contributed by atoms with Crippen LogP contribution in [0.25, 0.3) is 0 Å². The van der Waals surface area contributed by atoms with Crippen LogP contribution in [0.15, 0.2) is 35.3 Å². The molecule has 0 aromatic heterocycles. The van der Waals surface area contributed by atoms with Crippen LogP contribution in [0.5, 0.6) is 0 Å². The molecule has 0 aliphatic carbocycles. The van der Waals surface area contributed by atoms with E-state index in [0.717, 1.165) is 51.6 Å². The van der Waals surface area contributed by atoms with E-state index in [0.29, 0.717) is 18.1 Å². The molecule has 0 saturated carbocycles. The van der Waals surface area contributed by atoms with Gasteiger partial charge in [-0.3, -0.25) is 4.99 Å². The third-order valence-corrected chi connectivity index (χ3v) is 4.80. The molecule has 1 aliphatic rings. The number of hydrogen-bond donors (Lipinski definition) is 2. The molecule has 1 fully saturated rings. The Balaban J connectivity index is 0.00000338. The predicted molar refractivity (Wildman–Crippen MR) is 119 cm³/mol. The van der Waals surface area contributed by atoms with Crippen molar-refractivity contribution in [3.63, 3.8) is 0 Å². The molecule has 2 rings (SSSR count). The minimum atomic E-state index is 0. The third kappa shape index (κ3) is 8.22. The van der Waals surface area contributed by atoms with Crippen molar-refractivity contribution in [3.05, 3.63) is 35.9 Å². The monoisotopic (exact) mass is 475 g/mol. The lowest BCUT2D eigenvalue weighted by atomic mass is 9.94. The number of halogens is 1. The van der Waals surface area contributed by atoms with E-state index in [-0.39, 0.29) is 24.0 Å².